The van der Waals surface area contributed by atoms with Crippen LogP contribution < -0.4 is 15.0 Å². The fraction of sp³-hybridized carbons (Fsp3) is 0.487. The van der Waals surface area contributed by atoms with Gasteiger partial charge in [-0.3, -0.25) is 14.6 Å². The molecule has 1 saturated heterocycles. The third kappa shape index (κ3) is 8.35. The van der Waals surface area contributed by atoms with Crippen LogP contribution in [0.3, 0.4) is 0 Å². The molecular weight excluding hydrogens is 588 g/mol. The number of rotatable bonds is 14. The highest BCUT2D eigenvalue weighted by Crippen LogP contribution is 2.41. The fourth-order valence-corrected chi connectivity index (χ4v) is 6.66. The largest absolute Gasteiger partial charge is 0.494 e. The monoisotopic (exact) mass is 640 g/mol. The Hall–Kier alpha value is -3.88. The van der Waals surface area contributed by atoms with Crippen molar-refractivity contribution >= 4 is 23.3 Å². The van der Waals surface area contributed by atoms with Crippen LogP contribution in [-0.2, 0) is 9.53 Å². The summed E-state index contributed by atoms with van der Waals surface area (Å²) in [6.07, 6.45) is 2.76. The van der Waals surface area contributed by atoms with Crippen LogP contribution in [-0.4, -0.2) is 74.3 Å². The molecule has 1 unspecified atom stereocenters. The minimum Gasteiger partial charge on any atom is -0.494 e. The van der Waals surface area contributed by atoms with Crippen molar-refractivity contribution in [3.05, 3.63) is 89.0 Å². The predicted octanol–water partition coefficient (Wildman–Crippen LogP) is 7.80. The van der Waals surface area contributed by atoms with Crippen LogP contribution in [0.4, 0.5) is 16.2 Å². The topological polar surface area (TPSA) is 74.4 Å². The van der Waals surface area contributed by atoms with E-state index in [0.717, 1.165) is 91.5 Å². The number of unbranched alkanes of at least 4 members (excludes halogenated alkanes) is 1. The first kappa shape index (κ1) is 34.5. The highest BCUT2D eigenvalue weighted by atomic mass is 16.5. The third-order valence-corrected chi connectivity index (χ3v) is 9.16. The standard InChI is InChI=1S/C39H52N4O4/c1-6-7-20-42-35-18-9-8-15-34(35)38(30-13-10-14-31(26-30)47-23-12-19-41-21-24-46-25-22-41)43(39(42)45)27-36(44)40-37-32(28(2)3)16-11-17-33(37)29(4)5/h8-11,13-18,26,28-29,38H,6-7,12,19-25,27H2,1-5H3,(H,40,44). The van der Waals surface area contributed by atoms with Crippen LogP contribution >= 0.6 is 0 Å². The van der Waals surface area contributed by atoms with Gasteiger partial charge in [0, 0.05) is 37.4 Å². The maximum absolute atomic E-state index is 14.4. The molecular formula is C39H52N4O4. The maximum Gasteiger partial charge on any atom is 0.325 e. The van der Waals surface area contributed by atoms with E-state index in [1.54, 1.807) is 4.90 Å². The Morgan fingerprint density at radius 2 is 1.62 bits per heavy atom. The third-order valence-electron chi connectivity index (χ3n) is 9.16. The summed E-state index contributed by atoms with van der Waals surface area (Å²) in [4.78, 5) is 34.4. The van der Waals surface area contributed by atoms with E-state index in [0.29, 0.717) is 13.2 Å². The summed E-state index contributed by atoms with van der Waals surface area (Å²) >= 11 is 0. The van der Waals surface area contributed by atoms with Crippen molar-refractivity contribution in [3.8, 4) is 5.75 Å². The molecule has 47 heavy (non-hydrogen) atoms. The number of hydrogen-bond acceptors (Lipinski definition) is 5. The number of nitrogens with one attached hydrogen (secondary N) is 1. The maximum atomic E-state index is 14.4. The predicted molar refractivity (Wildman–Crippen MR) is 190 cm³/mol. The zero-order chi connectivity index (χ0) is 33.3. The van der Waals surface area contributed by atoms with E-state index in [-0.39, 0.29) is 30.3 Å². The van der Waals surface area contributed by atoms with Gasteiger partial charge >= 0.3 is 6.03 Å². The number of carbonyl (C=O) groups excluding carboxylic acids is 2. The van der Waals surface area contributed by atoms with Crippen molar-refractivity contribution in [2.24, 2.45) is 0 Å². The SMILES string of the molecule is CCCCN1C(=O)N(CC(=O)Nc2c(C(C)C)cccc2C(C)C)C(c2cccc(OCCCN3CCOCC3)c2)c2ccccc21. The molecule has 2 aliphatic heterocycles. The van der Waals surface area contributed by atoms with E-state index in [9.17, 15) is 9.59 Å². The van der Waals surface area contributed by atoms with Crippen LogP contribution in [0.5, 0.6) is 5.75 Å². The first-order chi connectivity index (χ1) is 22.8. The van der Waals surface area contributed by atoms with Crippen molar-refractivity contribution in [2.45, 2.75) is 71.8 Å². The lowest BCUT2D eigenvalue weighted by Crippen LogP contribution is -2.52. The number of benzene rings is 3. The summed E-state index contributed by atoms with van der Waals surface area (Å²) in [5, 5.41) is 3.25. The summed E-state index contributed by atoms with van der Waals surface area (Å²) in [7, 11) is 0. The minimum absolute atomic E-state index is 0.0743. The molecule has 1 N–H and O–H groups in total. The summed E-state index contributed by atoms with van der Waals surface area (Å²) < 4.78 is 11.7. The van der Waals surface area contributed by atoms with Crippen LogP contribution in [0.15, 0.2) is 66.7 Å². The molecule has 0 aliphatic carbocycles. The highest BCUT2D eigenvalue weighted by molar-refractivity contribution is 6.01. The molecule has 1 fully saturated rings. The molecule has 2 heterocycles. The summed E-state index contributed by atoms with van der Waals surface area (Å²) in [6, 6.07) is 21.7. The first-order valence-corrected chi connectivity index (χ1v) is 17.4. The molecule has 0 saturated carbocycles. The zero-order valence-electron chi connectivity index (χ0n) is 28.8. The molecule has 5 rings (SSSR count). The van der Waals surface area contributed by atoms with Crippen LogP contribution in [0, 0.1) is 0 Å². The van der Waals surface area contributed by atoms with Gasteiger partial charge < -0.3 is 19.7 Å². The van der Waals surface area contributed by atoms with E-state index in [4.69, 9.17) is 9.47 Å². The van der Waals surface area contributed by atoms with Gasteiger partial charge in [0.25, 0.3) is 0 Å². The van der Waals surface area contributed by atoms with E-state index in [1.165, 1.54) is 0 Å². The Bertz CT molecular complexity index is 1470. The Morgan fingerprint density at radius 1 is 0.915 bits per heavy atom. The highest BCUT2D eigenvalue weighted by Gasteiger charge is 2.39. The fourth-order valence-electron chi connectivity index (χ4n) is 6.66. The van der Waals surface area contributed by atoms with E-state index >= 15 is 0 Å². The first-order valence-electron chi connectivity index (χ1n) is 17.4. The number of anilines is 2. The second kappa shape index (κ2) is 16.3. The molecule has 0 aromatic heterocycles. The van der Waals surface area contributed by atoms with Gasteiger partial charge in [-0.2, -0.15) is 0 Å². The number of morpholine rings is 1. The van der Waals surface area contributed by atoms with Gasteiger partial charge in [-0.1, -0.05) is 89.6 Å². The molecule has 1 atom stereocenters. The lowest BCUT2D eigenvalue weighted by atomic mass is 9.92. The van der Waals surface area contributed by atoms with Gasteiger partial charge in [-0.15, -0.1) is 0 Å². The van der Waals surface area contributed by atoms with Crippen molar-refractivity contribution in [1.82, 2.24) is 9.80 Å². The van der Waals surface area contributed by atoms with E-state index in [2.05, 4.69) is 69.1 Å². The zero-order valence-corrected chi connectivity index (χ0v) is 28.8. The second-order valence-corrected chi connectivity index (χ2v) is 13.3. The minimum atomic E-state index is -0.441. The van der Waals surface area contributed by atoms with Gasteiger partial charge in [0.2, 0.25) is 5.91 Å². The quantitative estimate of drug-likeness (QED) is 0.182. The number of ether oxygens (including phenoxy) is 2. The van der Waals surface area contributed by atoms with E-state index in [1.807, 2.05) is 47.4 Å². The summed E-state index contributed by atoms with van der Waals surface area (Å²) in [6.45, 7) is 16.3. The number of urea groups is 1. The summed E-state index contributed by atoms with van der Waals surface area (Å²) in [5.74, 6) is 1.03. The van der Waals surface area contributed by atoms with Gasteiger partial charge in [0.05, 0.1) is 31.5 Å². The molecule has 2 aliphatic rings. The van der Waals surface area contributed by atoms with Crippen LogP contribution in [0.25, 0.3) is 0 Å². The van der Waals surface area contributed by atoms with Crippen molar-refractivity contribution in [2.75, 3.05) is 62.8 Å². The molecule has 3 aromatic carbocycles. The number of amides is 3. The molecule has 3 aromatic rings. The Balaban J connectivity index is 1.43. The van der Waals surface area contributed by atoms with Gasteiger partial charge in [-0.25, -0.2) is 4.79 Å². The van der Waals surface area contributed by atoms with Gasteiger partial charge in [0.1, 0.15) is 12.3 Å². The van der Waals surface area contributed by atoms with Crippen molar-refractivity contribution < 1.29 is 19.1 Å². The smallest absolute Gasteiger partial charge is 0.325 e. The molecule has 0 radical (unpaired) electrons. The molecule has 8 heteroatoms. The molecule has 0 spiro atoms. The molecule has 3 amide bonds. The Morgan fingerprint density at radius 3 is 2.32 bits per heavy atom. The Labute approximate surface area is 281 Å². The second-order valence-electron chi connectivity index (χ2n) is 13.3. The molecule has 0 bridgehead atoms. The van der Waals surface area contributed by atoms with Crippen LogP contribution in [0.1, 0.15) is 94.0 Å². The lowest BCUT2D eigenvalue weighted by Gasteiger charge is -2.43. The van der Waals surface area contributed by atoms with Crippen molar-refractivity contribution in [1.29, 1.82) is 0 Å². The van der Waals surface area contributed by atoms with Crippen LogP contribution in [0.2, 0.25) is 0 Å². The number of carbonyl (C=O) groups is 2. The normalized spacial score (nSPS) is 16.9. The number of fused-ring (bicyclic) bond motifs is 1. The molecule has 8 nitrogen and oxygen atoms in total. The Kier molecular flexibility index (Phi) is 11.9. The summed E-state index contributed by atoms with van der Waals surface area (Å²) in [5.41, 5.74) is 5.88. The van der Waals surface area contributed by atoms with E-state index < -0.39 is 6.04 Å². The number of hydrogen-bond donors (Lipinski definition) is 1. The van der Waals surface area contributed by atoms with Crippen molar-refractivity contribution in [3.63, 3.8) is 0 Å². The number of nitrogens with zero attached hydrogens (tertiary/aromatic N) is 3. The molecule has 252 valence electrons. The van der Waals surface area contributed by atoms with Gasteiger partial charge in [0.15, 0.2) is 0 Å². The van der Waals surface area contributed by atoms with Gasteiger partial charge in [-0.05, 0) is 59.6 Å². The average molecular weight is 641 g/mol. The average Bonchev–Trinajstić information content (AvgIpc) is 3.07. The number of para-hydroxylation sites is 2. The lowest BCUT2D eigenvalue weighted by molar-refractivity contribution is -0.117.